The predicted molar refractivity (Wildman–Crippen MR) is 170 cm³/mol. The minimum atomic E-state index is -4.41. The van der Waals surface area contributed by atoms with Crippen LogP contribution in [-0.2, 0) is 26.2 Å². The van der Waals surface area contributed by atoms with Gasteiger partial charge in [-0.05, 0) is 67.8 Å². The lowest BCUT2D eigenvalue weighted by Gasteiger charge is -2.34. The van der Waals surface area contributed by atoms with Crippen LogP contribution in [0.15, 0.2) is 65.6 Å². The van der Waals surface area contributed by atoms with Crippen LogP contribution in [0.1, 0.15) is 44.6 Å². The summed E-state index contributed by atoms with van der Waals surface area (Å²) in [5.74, 6) is -0.955. The molecule has 3 aromatic carbocycles. The number of anilines is 1. The summed E-state index contributed by atoms with van der Waals surface area (Å²) in [6.07, 6.45) is 3.95. The Hall–Kier alpha value is -3.54. The second-order valence-corrected chi connectivity index (χ2v) is 13.6. The van der Waals surface area contributed by atoms with Crippen molar-refractivity contribution in [2.75, 3.05) is 24.1 Å². The lowest BCUT2D eigenvalue weighted by Crippen LogP contribution is -2.53. The number of benzene rings is 3. The Labute approximate surface area is 272 Å². The molecular weight excluding hydrogens is 644 g/mol. The van der Waals surface area contributed by atoms with E-state index in [9.17, 15) is 22.4 Å². The van der Waals surface area contributed by atoms with Crippen LogP contribution >= 0.6 is 23.2 Å². The number of nitrogens with zero attached hydrogens (tertiary/aromatic N) is 2. The number of sulfonamides is 1. The molecule has 1 aliphatic carbocycles. The number of carbonyl (C=O) groups is 2. The molecule has 2 amide bonds. The highest BCUT2D eigenvalue weighted by Crippen LogP contribution is 2.35. The van der Waals surface area contributed by atoms with Crippen LogP contribution in [0.4, 0.5) is 10.1 Å². The van der Waals surface area contributed by atoms with Crippen molar-refractivity contribution in [3.8, 4) is 11.5 Å². The van der Waals surface area contributed by atoms with E-state index in [1.165, 1.54) is 35.2 Å². The Balaban J connectivity index is 1.53. The Morgan fingerprint density at radius 2 is 1.62 bits per heavy atom. The summed E-state index contributed by atoms with van der Waals surface area (Å²) in [4.78, 5) is 29.1. The van der Waals surface area contributed by atoms with Crippen LogP contribution < -0.4 is 19.1 Å². The Kier molecular flexibility index (Phi) is 10.4. The molecule has 5 rings (SSSR count). The topological polar surface area (TPSA) is 105 Å². The van der Waals surface area contributed by atoms with E-state index in [2.05, 4.69) is 5.32 Å². The molecule has 1 saturated carbocycles. The minimum absolute atomic E-state index is 0.00120. The van der Waals surface area contributed by atoms with Crippen LogP contribution in [-0.4, -0.2) is 57.0 Å². The molecule has 0 spiro atoms. The van der Waals surface area contributed by atoms with Gasteiger partial charge in [0.1, 0.15) is 31.6 Å². The summed E-state index contributed by atoms with van der Waals surface area (Å²) in [6, 6.07) is 12.9. The summed E-state index contributed by atoms with van der Waals surface area (Å²) in [5, 5.41) is 3.65. The summed E-state index contributed by atoms with van der Waals surface area (Å²) in [6.45, 7) is 1.51. The number of hydrogen-bond acceptors (Lipinski definition) is 6. The van der Waals surface area contributed by atoms with E-state index >= 15 is 0 Å². The third-order valence-corrected chi connectivity index (χ3v) is 10.5. The van der Waals surface area contributed by atoms with Crippen molar-refractivity contribution >= 4 is 50.7 Å². The molecule has 3 aromatic rings. The fourth-order valence-corrected chi connectivity index (χ4v) is 7.54. The molecule has 9 nitrogen and oxygen atoms in total. The van der Waals surface area contributed by atoms with Crippen LogP contribution in [0.2, 0.25) is 10.0 Å². The van der Waals surface area contributed by atoms with E-state index in [0.717, 1.165) is 42.1 Å². The van der Waals surface area contributed by atoms with Gasteiger partial charge >= 0.3 is 0 Å². The maximum atomic E-state index is 14.3. The van der Waals surface area contributed by atoms with Crippen LogP contribution in [0.3, 0.4) is 0 Å². The van der Waals surface area contributed by atoms with Crippen molar-refractivity contribution in [3.05, 3.63) is 82.1 Å². The minimum Gasteiger partial charge on any atom is -0.486 e. The first-order valence-electron chi connectivity index (χ1n) is 14.8. The molecule has 2 aliphatic rings. The van der Waals surface area contributed by atoms with Gasteiger partial charge in [0, 0.05) is 34.3 Å². The molecule has 0 unspecified atom stereocenters. The highest BCUT2D eigenvalue weighted by atomic mass is 35.5. The zero-order valence-electron chi connectivity index (χ0n) is 24.7. The number of fused-ring (bicyclic) bond motifs is 1. The van der Waals surface area contributed by atoms with Crippen LogP contribution in [0.25, 0.3) is 0 Å². The van der Waals surface area contributed by atoms with Gasteiger partial charge < -0.3 is 19.7 Å². The van der Waals surface area contributed by atoms with Gasteiger partial charge in [0.25, 0.3) is 10.0 Å². The third-order valence-electron chi connectivity index (χ3n) is 7.97. The monoisotopic (exact) mass is 677 g/mol. The smallest absolute Gasteiger partial charge is 0.264 e. The molecule has 1 N–H and O–H groups in total. The fourth-order valence-electron chi connectivity index (χ4n) is 5.59. The van der Waals surface area contributed by atoms with Crippen molar-refractivity contribution in [1.82, 2.24) is 10.2 Å². The molecule has 0 saturated heterocycles. The quantitative estimate of drug-likeness (QED) is 0.268. The van der Waals surface area contributed by atoms with Gasteiger partial charge in [-0.15, -0.1) is 0 Å². The van der Waals surface area contributed by atoms with Gasteiger partial charge in [-0.25, -0.2) is 12.8 Å². The summed E-state index contributed by atoms with van der Waals surface area (Å²) < 4.78 is 54.3. The number of ether oxygens (including phenoxy) is 2. The zero-order chi connectivity index (χ0) is 32.1. The van der Waals surface area contributed by atoms with Crippen LogP contribution in [0.5, 0.6) is 11.5 Å². The molecule has 45 heavy (non-hydrogen) atoms. The van der Waals surface area contributed by atoms with Crippen LogP contribution in [0, 0.1) is 5.82 Å². The molecule has 1 aliphatic heterocycles. The Morgan fingerprint density at radius 1 is 0.978 bits per heavy atom. The molecule has 0 radical (unpaired) electrons. The van der Waals surface area contributed by atoms with E-state index in [-0.39, 0.29) is 47.9 Å². The maximum Gasteiger partial charge on any atom is 0.264 e. The van der Waals surface area contributed by atoms with Gasteiger partial charge in [0.15, 0.2) is 11.5 Å². The van der Waals surface area contributed by atoms with Gasteiger partial charge in [-0.1, -0.05) is 49.0 Å². The lowest BCUT2D eigenvalue weighted by molar-refractivity contribution is -0.140. The lowest BCUT2D eigenvalue weighted by atomic mass is 10.1. The number of hydrogen-bond donors (Lipinski definition) is 1. The average molecular weight is 679 g/mol. The number of rotatable bonds is 11. The first kappa shape index (κ1) is 32.8. The van der Waals surface area contributed by atoms with Gasteiger partial charge in [-0.3, -0.25) is 13.9 Å². The van der Waals surface area contributed by atoms with E-state index in [0.29, 0.717) is 28.0 Å². The summed E-state index contributed by atoms with van der Waals surface area (Å²) >= 11 is 13.0. The normalized spacial score (nSPS) is 15.4. The van der Waals surface area contributed by atoms with Gasteiger partial charge in [0.05, 0.1) is 10.6 Å². The number of amides is 2. The number of carbonyl (C=O) groups excluding carboxylic acids is 2. The van der Waals surface area contributed by atoms with E-state index in [4.69, 9.17) is 32.7 Å². The summed E-state index contributed by atoms with van der Waals surface area (Å²) in [7, 11) is -4.41. The van der Waals surface area contributed by atoms with Crippen molar-refractivity contribution < 1.29 is 31.9 Å². The standard InChI is InChI=1S/C32H34Cl2FN3O6S/c1-2-28(32(40)36-22-6-3-4-7-22)37(19-25-26(33)8-5-9-27(25)34)31(39)20-38(23-12-10-21(35)11-13-23)45(41,42)24-14-15-29-30(18-24)44-17-16-43-29/h5,8-15,18,22,28H,2-4,6-7,16-17,19-20H2,1H3,(H,36,40)/t28-/m1/s1. The predicted octanol–water partition coefficient (Wildman–Crippen LogP) is 5.97. The second-order valence-electron chi connectivity index (χ2n) is 10.9. The van der Waals surface area contributed by atoms with Crippen molar-refractivity contribution in [1.29, 1.82) is 0 Å². The zero-order valence-corrected chi connectivity index (χ0v) is 27.0. The molecule has 1 atom stereocenters. The second kappa shape index (κ2) is 14.3. The highest BCUT2D eigenvalue weighted by Gasteiger charge is 2.35. The van der Waals surface area contributed by atoms with E-state index in [1.54, 1.807) is 25.1 Å². The van der Waals surface area contributed by atoms with Gasteiger partial charge in [0.2, 0.25) is 11.8 Å². The third kappa shape index (κ3) is 7.48. The Bertz CT molecular complexity index is 1630. The molecular formula is C32H34Cl2FN3O6S. The maximum absolute atomic E-state index is 14.3. The SMILES string of the molecule is CC[C@H](C(=O)NC1CCCC1)N(Cc1c(Cl)cccc1Cl)C(=O)CN(c1ccc(F)cc1)S(=O)(=O)c1ccc2c(c1)OCCO2. The first-order valence-corrected chi connectivity index (χ1v) is 17.0. The van der Waals surface area contributed by atoms with Crippen molar-refractivity contribution in [2.24, 2.45) is 0 Å². The molecule has 13 heteroatoms. The van der Waals surface area contributed by atoms with E-state index in [1.807, 2.05) is 0 Å². The van der Waals surface area contributed by atoms with Crippen molar-refractivity contribution in [3.63, 3.8) is 0 Å². The summed E-state index contributed by atoms with van der Waals surface area (Å²) in [5.41, 5.74) is 0.475. The molecule has 0 aromatic heterocycles. The number of halogens is 3. The average Bonchev–Trinajstić information content (AvgIpc) is 3.54. The first-order chi connectivity index (χ1) is 21.6. The fraction of sp³-hybridized carbons (Fsp3) is 0.375. The molecule has 240 valence electrons. The van der Waals surface area contributed by atoms with E-state index < -0.39 is 34.3 Å². The largest absolute Gasteiger partial charge is 0.486 e. The molecule has 1 fully saturated rings. The highest BCUT2D eigenvalue weighted by molar-refractivity contribution is 7.92. The molecule has 1 heterocycles. The van der Waals surface area contributed by atoms with Crippen molar-refractivity contribution in [2.45, 2.75) is 62.6 Å². The number of nitrogens with one attached hydrogen (secondary N) is 1. The van der Waals surface area contributed by atoms with Gasteiger partial charge in [-0.2, -0.15) is 0 Å². The molecule has 0 bridgehead atoms. The Morgan fingerprint density at radius 3 is 2.27 bits per heavy atom.